The summed E-state index contributed by atoms with van der Waals surface area (Å²) < 4.78 is 31.3. The molecule has 8 nitrogen and oxygen atoms in total. The number of amides is 1. The van der Waals surface area contributed by atoms with Gasteiger partial charge in [-0.3, -0.25) is 19.0 Å². The van der Waals surface area contributed by atoms with Crippen LogP contribution < -0.4 is 15.6 Å². The average molecular weight is 457 g/mol. The van der Waals surface area contributed by atoms with Gasteiger partial charge in [-0.25, -0.2) is 13.1 Å². The molecule has 1 atom stereocenters. The zero-order chi connectivity index (χ0) is 23.6. The van der Waals surface area contributed by atoms with Crippen molar-refractivity contribution in [2.45, 2.75) is 38.6 Å². The van der Waals surface area contributed by atoms with E-state index in [-0.39, 0.29) is 28.4 Å². The van der Waals surface area contributed by atoms with Gasteiger partial charge in [0.05, 0.1) is 16.3 Å². The number of rotatable bonds is 7. The first kappa shape index (κ1) is 23.3. The lowest BCUT2D eigenvalue weighted by Gasteiger charge is -2.17. The van der Waals surface area contributed by atoms with Gasteiger partial charge in [0.2, 0.25) is 0 Å². The summed E-state index contributed by atoms with van der Waals surface area (Å²) in [6.07, 6.45) is 0. The third-order valence-corrected chi connectivity index (χ3v) is 6.94. The van der Waals surface area contributed by atoms with Crippen LogP contribution in [-0.4, -0.2) is 29.7 Å². The fourth-order valence-electron chi connectivity index (χ4n) is 3.12. The predicted octanol–water partition coefficient (Wildman–Crippen LogP) is 3.06. The van der Waals surface area contributed by atoms with Crippen LogP contribution in [0.5, 0.6) is 0 Å². The molecule has 1 amide bonds. The van der Waals surface area contributed by atoms with Gasteiger partial charge in [0.1, 0.15) is 5.69 Å². The molecule has 32 heavy (non-hydrogen) atoms. The molecule has 1 unspecified atom stereocenters. The molecule has 9 heteroatoms. The van der Waals surface area contributed by atoms with Crippen molar-refractivity contribution in [3.8, 4) is 5.69 Å². The molecule has 0 aliphatic heterocycles. The second-order valence-electron chi connectivity index (χ2n) is 8.07. The van der Waals surface area contributed by atoms with Gasteiger partial charge in [-0.2, -0.15) is 0 Å². The number of aromatic nitrogens is 2. The van der Waals surface area contributed by atoms with Gasteiger partial charge in [0.15, 0.2) is 0 Å². The van der Waals surface area contributed by atoms with E-state index in [0.29, 0.717) is 16.9 Å². The number of anilines is 1. The van der Waals surface area contributed by atoms with E-state index in [1.54, 1.807) is 42.9 Å². The Hall–Kier alpha value is -3.33. The summed E-state index contributed by atoms with van der Waals surface area (Å²) in [5.74, 6) is 0.00426. The first-order chi connectivity index (χ1) is 15.0. The van der Waals surface area contributed by atoms with E-state index >= 15 is 0 Å². The molecule has 3 aromatic rings. The lowest BCUT2D eigenvalue weighted by atomic mass is 10.1. The summed E-state index contributed by atoms with van der Waals surface area (Å²) >= 11 is 0. The Balaban J connectivity index is 1.88. The number of hydrogen-bond donors (Lipinski definition) is 2. The standard InChI is InChI=1S/C23H28N4O4S/c1-15(2)16(3)24-22(28)18-11-13-20(14-12-18)32(30,31)25-21-17(4)26(5)27(23(21)29)19-9-7-6-8-10-19/h6-16,25H,1-5H3,(H,24,28). The molecule has 0 radical (unpaired) electrons. The number of carbonyl (C=O) groups is 1. The molecule has 0 bridgehead atoms. The van der Waals surface area contributed by atoms with Gasteiger partial charge < -0.3 is 5.32 Å². The molecule has 0 aliphatic carbocycles. The number of nitrogens with zero attached hydrogens (tertiary/aromatic N) is 2. The first-order valence-electron chi connectivity index (χ1n) is 10.3. The summed E-state index contributed by atoms with van der Waals surface area (Å²) in [4.78, 5) is 25.3. The van der Waals surface area contributed by atoms with Crippen molar-refractivity contribution in [1.82, 2.24) is 14.7 Å². The van der Waals surface area contributed by atoms with Crippen LogP contribution in [0.1, 0.15) is 36.8 Å². The van der Waals surface area contributed by atoms with Gasteiger partial charge >= 0.3 is 0 Å². The Kier molecular flexibility index (Phi) is 6.59. The number of benzene rings is 2. The second-order valence-corrected chi connectivity index (χ2v) is 9.75. The van der Waals surface area contributed by atoms with E-state index < -0.39 is 15.6 Å². The molecule has 0 saturated carbocycles. The zero-order valence-electron chi connectivity index (χ0n) is 18.8. The summed E-state index contributed by atoms with van der Waals surface area (Å²) in [5, 5.41) is 2.88. The Morgan fingerprint density at radius 2 is 1.56 bits per heavy atom. The maximum Gasteiger partial charge on any atom is 0.296 e. The second kappa shape index (κ2) is 9.04. The Labute approximate surface area is 187 Å². The smallest absolute Gasteiger partial charge is 0.296 e. The third kappa shape index (κ3) is 4.62. The van der Waals surface area contributed by atoms with E-state index in [4.69, 9.17) is 0 Å². The third-order valence-electron chi connectivity index (χ3n) is 5.58. The highest BCUT2D eigenvalue weighted by Crippen LogP contribution is 2.19. The molecule has 0 fully saturated rings. The summed E-state index contributed by atoms with van der Waals surface area (Å²) in [6.45, 7) is 7.59. The van der Waals surface area contributed by atoms with E-state index in [9.17, 15) is 18.0 Å². The van der Waals surface area contributed by atoms with Crippen LogP contribution >= 0.6 is 0 Å². The highest BCUT2D eigenvalue weighted by molar-refractivity contribution is 7.92. The molecule has 2 N–H and O–H groups in total. The molecule has 0 spiro atoms. The summed E-state index contributed by atoms with van der Waals surface area (Å²) in [6, 6.07) is 14.6. The van der Waals surface area contributed by atoms with Crippen molar-refractivity contribution >= 4 is 21.6 Å². The number of carbonyl (C=O) groups excluding carboxylic acids is 1. The lowest BCUT2D eigenvalue weighted by molar-refractivity contribution is 0.0930. The van der Waals surface area contributed by atoms with Crippen molar-refractivity contribution in [2.24, 2.45) is 13.0 Å². The van der Waals surface area contributed by atoms with E-state index in [1.165, 1.54) is 28.9 Å². The predicted molar refractivity (Wildman–Crippen MR) is 125 cm³/mol. The van der Waals surface area contributed by atoms with Crippen LogP contribution in [0.15, 0.2) is 64.3 Å². The Morgan fingerprint density at radius 1 is 0.969 bits per heavy atom. The van der Waals surface area contributed by atoms with Gasteiger partial charge in [-0.15, -0.1) is 0 Å². The molecular weight excluding hydrogens is 428 g/mol. The number of nitrogens with one attached hydrogen (secondary N) is 2. The SMILES string of the molecule is Cc1c(NS(=O)(=O)c2ccc(C(=O)NC(C)C(C)C)cc2)c(=O)n(-c2ccccc2)n1C. The van der Waals surface area contributed by atoms with Crippen LogP contribution in [-0.2, 0) is 17.1 Å². The van der Waals surface area contributed by atoms with Gasteiger partial charge in [0.25, 0.3) is 21.5 Å². The molecule has 2 aromatic carbocycles. The Bertz CT molecular complexity index is 1270. The maximum atomic E-state index is 13.0. The molecule has 1 aromatic heterocycles. The van der Waals surface area contributed by atoms with Gasteiger partial charge in [0, 0.05) is 18.7 Å². The average Bonchev–Trinajstić information content (AvgIpc) is 2.97. The van der Waals surface area contributed by atoms with Gasteiger partial charge in [-0.05, 0) is 56.2 Å². The molecule has 1 heterocycles. The topological polar surface area (TPSA) is 102 Å². The first-order valence-corrected chi connectivity index (χ1v) is 11.8. The van der Waals surface area contributed by atoms with Crippen LogP contribution in [0.3, 0.4) is 0 Å². The van der Waals surface area contributed by atoms with Crippen molar-refractivity contribution < 1.29 is 13.2 Å². The monoisotopic (exact) mass is 456 g/mol. The minimum absolute atomic E-state index is 0.0135. The quantitative estimate of drug-likeness (QED) is 0.570. The highest BCUT2D eigenvalue weighted by Gasteiger charge is 2.23. The summed E-state index contributed by atoms with van der Waals surface area (Å²) in [7, 11) is -2.34. The zero-order valence-corrected chi connectivity index (χ0v) is 19.6. The number of para-hydroxylation sites is 1. The molecular formula is C23H28N4O4S. The molecule has 3 rings (SSSR count). The van der Waals surface area contributed by atoms with Gasteiger partial charge in [-0.1, -0.05) is 32.0 Å². The van der Waals surface area contributed by atoms with E-state index in [2.05, 4.69) is 10.0 Å². The van der Waals surface area contributed by atoms with Crippen LogP contribution in [0.2, 0.25) is 0 Å². The fraction of sp³-hybridized carbons (Fsp3) is 0.304. The summed E-state index contributed by atoms with van der Waals surface area (Å²) in [5.41, 5.74) is 0.960. The minimum atomic E-state index is -4.03. The fourth-order valence-corrected chi connectivity index (χ4v) is 4.24. The van der Waals surface area contributed by atoms with Crippen molar-refractivity contribution in [3.63, 3.8) is 0 Å². The molecule has 0 saturated heterocycles. The number of sulfonamides is 1. The molecule has 0 aliphatic rings. The van der Waals surface area contributed by atoms with Crippen molar-refractivity contribution in [3.05, 3.63) is 76.2 Å². The normalized spacial score (nSPS) is 12.6. The van der Waals surface area contributed by atoms with E-state index in [1.807, 2.05) is 26.8 Å². The maximum absolute atomic E-state index is 13.0. The Morgan fingerprint density at radius 3 is 2.12 bits per heavy atom. The van der Waals surface area contributed by atoms with E-state index in [0.717, 1.165) is 0 Å². The van der Waals surface area contributed by atoms with Crippen molar-refractivity contribution in [2.75, 3.05) is 4.72 Å². The van der Waals surface area contributed by atoms with Crippen molar-refractivity contribution in [1.29, 1.82) is 0 Å². The number of hydrogen-bond acceptors (Lipinski definition) is 4. The largest absolute Gasteiger partial charge is 0.349 e. The lowest BCUT2D eigenvalue weighted by Crippen LogP contribution is -2.36. The van der Waals surface area contributed by atoms with Crippen LogP contribution in [0.4, 0.5) is 5.69 Å². The molecule has 170 valence electrons. The van der Waals surface area contributed by atoms with Crippen LogP contribution in [0.25, 0.3) is 5.69 Å². The minimum Gasteiger partial charge on any atom is -0.349 e. The van der Waals surface area contributed by atoms with Crippen LogP contribution in [0, 0.1) is 12.8 Å². The highest BCUT2D eigenvalue weighted by atomic mass is 32.2.